The van der Waals surface area contributed by atoms with Crippen LogP contribution in [0.3, 0.4) is 0 Å². The van der Waals surface area contributed by atoms with E-state index in [0.717, 1.165) is 50.9 Å². The Hall–Kier alpha value is -1.37. The molecule has 0 spiro atoms. The van der Waals surface area contributed by atoms with E-state index in [9.17, 15) is 10.1 Å². The van der Waals surface area contributed by atoms with Crippen LogP contribution in [0.2, 0.25) is 0 Å². The summed E-state index contributed by atoms with van der Waals surface area (Å²) in [5.41, 5.74) is 1.14. The monoisotopic (exact) mass is 340 g/mol. The molecule has 0 saturated carbocycles. The van der Waals surface area contributed by atoms with E-state index in [-0.39, 0.29) is 23.0 Å². The third-order valence-corrected chi connectivity index (χ3v) is 4.75. The van der Waals surface area contributed by atoms with Gasteiger partial charge in [0.25, 0.3) is 5.69 Å². The van der Waals surface area contributed by atoms with Crippen LogP contribution in [-0.4, -0.2) is 55.6 Å². The zero-order valence-corrected chi connectivity index (χ0v) is 14.1. The van der Waals surface area contributed by atoms with Crippen LogP contribution >= 0.6 is 12.4 Å². The number of nitro benzene ring substituents is 1. The Bertz CT molecular complexity index is 515. The van der Waals surface area contributed by atoms with Crippen molar-refractivity contribution in [3.63, 3.8) is 0 Å². The molecule has 23 heavy (non-hydrogen) atoms. The van der Waals surface area contributed by atoms with Crippen molar-refractivity contribution < 1.29 is 4.92 Å². The van der Waals surface area contributed by atoms with E-state index in [1.807, 2.05) is 6.07 Å². The number of hydrogen-bond acceptors (Lipinski definition) is 5. The number of piperidine rings is 1. The third kappa shape index (κ3) is 4.80. The molecule has 0 radical (unpaired) electrons. The average Bonchev–Trinajstić information content (AvgIpc) is 2.56. The molecule has 2 fully saturated rings. The van der Waals surface area contributed by atoms with Crippen LogP contribution in [0.25, 0.3) is 0 Å². The normalized spacial score (nSPS) is 20.1. The molecule has 2 aliphatic heterocycles. The van der Waals surface area contributed by atoms with Crippen molar-refractivity contribution in [2.24, 2.45) is 5.92 Å². The quantitative estimate of drug-likeness (QED) is 0.672. The smallest absolute Gasteiger partial charge is 0.271 e. The van der Waals surface area contributed by atoms with E-state index in [2.05, 4.69) is 15.1 Å². The van der Waals surface area contributed by atoms with Crippen LogP contribution in [0.1, 0.15) is 12.8 Å². The summed E-state index contributed by atoms with van der Waals surface area (Å²) in [5, 5.41) is 14.3. The number of benzene rings is 1. The molecule has 0 unspecified atom stereocenters. The van der Waals surface area contributed by atoms with Crippen LogP contribution in [0.4, 0.5) is 11.4 Å². The minimum atomic E-state index is -0.323. The molecule has 1 aromatic carbocycles. The van der Waals surface area contributed by atoms with Crippen molar-refractivity contribution in [3.05, 3.63) is 34.4 Å². The van der Waals surface area contributed by atoms with Crippen LogP contribution < -0.4 is 10.2 Å². The van der Waals surface area contributed by atoms with Gasteiger partial charge in [0, 0.05) is 50.5 Å². The number of halogens is 1. The van der Waals surface area contributed by atoms with Gasteiger partial charge in [-0.1, -0.05) is 6.07 Å². The predicted molar refractivity (Wildman–Crippen MR) is 94.6 cm³/mol. The van der Waals surface area contributed by atoms with Gasteiger partial charge >= 0.3 is 0 Å². The van der Waals surface area contributed by atoms with Crippen molar-refractivity contribution in [2.75, 3.05) is 50.7 Å². The summed E-state index contributed by atoms with van der Waals surface area (Å²) in [7, 11) is 0. The topological polar surface area (TPSA) is 61.7 Å². The van der Waals surface area contributed by atoms with Crippen LogP contribution in [0.15, 0.2) is 24.3 Å². The molecule has 2 aliphatic rings. The molecule has 3 rings (SSSR count). The fourth-order valence-electron chi connectivity index (χ4n) is 3.42. The fourth-order valence-corrected chi connectivity index (χ4v) is 3.42. The van der Waals surface area contributed by atoms with E-state index < -0.39 is 0 Å². The lowest BCUT2D eigenvalue weighted by molar-refractivity contribution is -0.384. The third-order valence-electron chi connectivity index (χ3n) is 4.75. The van der Waals surface area contributed by atoms with Crippen molar-refractivity contribution in [2.45, 2.75) is 12.8 Å². The Morgan fingerprint density at radius 1 is 1.17 bits per heavy atom. The first-order chi connectivity index (χ1) is 10.7. The number of nitrogens with one attached hydrogen (secondary N) is 1. The summed E-state index contributed by atoms with van der Waals surface area (Å²) in [6.07, 6.45) is 2.57. The van der Waals surface area contributed by atoms with Crippen molar-refractivity contribution in [1.29, 1.82) is 0 Å². The second-order valence-corrected chi connectivity index (χ2v) is 6.26. The van der Waals surface area contributed by atoms with Crippen molar-refractivity contribution in [1.82, 2.24) is 10.2 Å². The van der Waals surface area contributed by atoms with Gasteiger partial charge in [0.2, 0.25) is 0 Å². The lowest BCUT2D eigenvalue weighted by Crippen LogP contribution is -2.48. The van der Waals surface area contributed by atoms with E-state index in [1.165, 1.54) is 19.4 Å². The summed E-state index contributed by atoms with van der Waals surface area (Å²) in [5.74, 6) is 0.825. The highest BCUT2D eigenvalue weighted by Gasteiger charge is 2.22. The van der Waals surface area contributed by atoms with Gasteiger partial charge in [0.15, 0.2) is 0 Å². The van der Waals surface area contributed by atoms with Crippen molar-refractivity contribution in [3.8, 4) is 0 Å². The standard InChI is InChI=1S/C16H24N4O2.ClH/c21-20(22)16-3-1-2-15(12-16)19-10-8-18(9-11-19)13-14-4-6-17-7-5-14;/h1-3,12,14,17H,4-11,13H2;1H. The highest BCUT2D eigenvalue weighted by atomic mass is 35.5. The van der Waals surface area contributed by atoms with Crippen LogP contribution in [0.5, 0.6) is 0 Å². The molecule has 128 valence electrons. The Morgan fingerprint density at radius 2 is 1.87 bits per heavy atom. The maximum atomic E-state index is 10.9. The minimum Gasteiger partial charge on any atom is -0.369 e. The van der Waals surface area contributed by atoms with Gasteiger partial charge in [-0.05, 0) is 37.9 Å². The molecule has 0 atom stereocenters. The van der Waals surface area contributed by atoms with E-state index >= 15 is 0 Å². The highest BCUT2D eigenvalue weighted by Crippen LogP contribution is 2.23. The predicted octanol–water partition coefficient (Wildman–Crippen LogP) is 2.14. The second kappa shape index (κ2) is 8.47. The molecule has 1 aromatic rings. The Kier molecular flexibility index (Phi) is 6.62. The van der Waals surface area contributed by atoms with Gasteiger partial charge in [-0.25, -0.2) is 0 Å². The number of piperazine rings is 1. The number of nitrogens with zero attached hydrogens (tertiary/aromatic N) is 3. The van der Waals surface area contributed by atoms with E-state index in [4.69, 9.17) is 0 Å². The Balaban J connectivity index is 0.00000192. The first kappa shape index (κ1) is 18.0. The summed E-state index contributed by atoms with van der Waals surface area (Å²) in [6.45, 7) is 7.50. The molecule has 2 saturated heterocycles. The zero-order valence-electron chi connectivity index (χ0n) is 13.3. The summed E-state index contributed by atoms with van der Waals surface area (Å²) in [4.78, 5) is 15.4. The average molecular weight is 341 g/mol. The molecule has 7 heteroatoms. The number of hydrogen-bond donors (Lipinski definition) is 1. The van der Waals surface area contributed by atoms with E-state index in [0.29, 0.717) is 0 Å². The molecule has 6 nitrogen and oxygen atoms in total. The molecule has 2 heterocycles. The first-order valence-corrected chi connectivity index (χ1v) is 8.15. The Morgan fingerprint density at radius 3 is 2.52 bits per heavy atom. The summed E-state index contributed by atoms with van der Waals surface area (Å²) < 4.78 is 0. The minimum absolute atomic E-state index is 0. The highest BCUT2D eigenvalue weighted by molar-refractivity contribution is 5.85. The molecule has 0 aromatic heterocycles. The van der Waals surface area contributed by atoms with Crippen LogP contribution in [-0.2, 0) is 0 Å². The second-order valence-electron chi connectivity index (χ2n) is 6.26. The molecular weight excluding hydrogens is 316 g/mol. The fraction of sp³-hybridized carbons (Fsp3) is 0.625. The lowest BCUT2D eigenvalue weighted by atomic mass is 9.97. The molecule has 0 amide bonds. The van der Waals surface area contributed by atoms with E-state index in [1.54, 1.807) is 18.2 Å². The lowest BCUT2D eigenvalue weighted by Gasteiger charge is -2.38. The van der Waals surface area contributed by atoms with Gasteiger partial charge in [-0.3, -0.25) is 15.0 Å². The number of anilines is 1. The summed E-state index contributed by atoms with van der Waals surface area (Å²) >= 11 is 0. The summed E-state index contributed by atoms with van der Waals surface area (Å²) in [6, 6.07) is 6.98. The van der Waals surface area contributed by atoms with Crippen LogP contribution in [0, 0.1) is 16.0 Å². The molecule has 1 N–H and O–H groups in total. The number of nitro groups is 1. The maximum absolute atomic E-state index is 10.9. The number of rotatable bonds is 4. The molecule has 0 bridgehead atoms. The zero-order chi connectivity index (χ0) is 15.4. The van der Waals surface area contributed by atoms with Gasteiger partial charge in [-0.2, -0.15) is 0 Å². The SMILES string of the molecule is Cl.O=[N+]([O-])c1cccc(N2CCN(CC3CCNCC3)CC2)c1. The molecule has 0 aliphatic carbocycles. The Labute approximate surface area is 143 Å². The first-order valence-electron chi connectivity index (χ1n) is 8.15. The molecular formula is C16H25ClN4O2. The van der Waals surface area contributed by atoms with Gasteiger partial charge < -0.3 is 10.2 Å². The van der Waals surface area contributed by atoms with Gasteiger partial charge in [-0.15, -0.1) is 12.4 Å². The van der Waals surface area contributed by atoms with Gasteiger partial charge in [0.1, 0.15) is 0 Å². The van der Waals surface area contributed by atoms with Gasteiger partial charge in [0.05, 0.1) is 4.92 Å². The largest absolute Gasteiger partial charge is 0.369 e. The van der Waals surface area contributed by atoms with Crippen molar-refractivity contribution >= 4 is 23.8 Å². The number of non-ortho nitro benzene ring substituents is 1. The maximum Gasteiger partial charge on any atom is 0.271 e.